The number of carbonyl (C=O) groups is 1. The highest BCUT2D eigenvalue weighted by molar-refractivity contribution is 6.24. The second-order valence-corrected chi connectivity index (χ2v) is 14.6. The molecule has 0 bridgehead atoms. The predicted octanol–water partition coefficient (Wildman–Crippen LogP) is 8.99. The van der Waals surface area contributed by atoms with Crippen LogP contribution in [-0.2, 0) is 4.79 Å². The molecule has 4 unspecified atom stereocenters. The molecule has 2 saturated carbocycles. The van der Waals surface area contributed by atoms with E-state index in [0.29, 0.717) is 54.3 Å². The molecule has 1 aromatic rings. The summed E-state index contributed by atoms with van der Waals surface area (Å²) in [4.78, 5) is 16.1. The number of nitrogens with zero attached hydrogens (tertiary/aromatic N) is 2. The van der Waals surface area contributed by atoms with E-state index in [9.17, 15) is 15.0 Å². The van der Waals surface area contributed by atoms with E-state index in [1.165, 1.54) is 45.4 Å². The molecule has 0 heterocycles. The lowest BCUT2D eigenvalue weighted by atomic mass is 9.79. The highest BCUT2D eigenvalue weighted by atomic mass is 35.5. The van der Waals surface area contributed by atoms with Gasteiger partial charge in [0.05, 0.1) is 27.9 Å². The molecule has 0 spiro atoms. The van der Waals surface area contributed by atoms with Gasteiger partial charge in [-0.15, -0.1) is 23.2 Å². The lowest BCUT2D eigenvalue weighted by Crippen LogP contribution is -2.50. The van der Waals surface area contributed by atoms with Gasteiger partial charge in [0, 0.05) is 18.1 Å². The fraction of sp³-hybridized carbons (Fsp3) is 0.806. The van der Waals surface area contributed by atoms with E-state index >= 15 is 0 Å². The van der Waals surface area contributed by atoms with Crippen LogP contribution in [-0.4, -0.2) is 62.1 Å². The zero-order valence-corrected chi connectivity index (χ0v) is 29.7. The SMILES string of the molecule is CCN(CC)C(Cl)(CCC(O)c1cccc(C(O)CCC(Cl)(C2CCCCC2)N(CC)CC)c1NC(C)=O)C1CCCCC1. The van der Waals surface area contributed by atoms with Gasteiger partial charge in [0.25, 0.3) is 0 Å². The molecule has 4 atom stereocenters. The number of para-hydroxylation sites is 1. The Bertz CT molecular complexity index is 940. The number of alkyl halides is 2. The van der Waals surface area contributed by atoms with Crippen LogP contribution in [0.2, 0.25) is 0 Å². The van der Waals surface area contributed by atoms with Crippen LogP contribution in [0.5, 0.6) is 0 Å². The van der Waals surface area contributed by atoms with Gasteiger partial charge < -0.3 is 15.5 Å². The van der Waals surface area contributed by atoms with E-state index in [2.05, 4.69) is 42.8 Å². The molecule has 2 fully saturated rings. The summed E-state index contributed by atoms with van der Waals surface area (Å²) in [7, 11) is 0. The van der Waals surface area contributed by atoms with E-state index < -0.39 is 22.2 Å². The van der Waals surface area contributed by atoms with E-state index in [1.54, 1.807) is 0 Å². The lowest BCUT2D eigenvalue weighted by molar-refractivity contribution is -0.114. The first-order valence-electron chi connectivity index (χ1n) is 17.7. The van der Waals surface area contributed by atoms with Gasteiger partial charge in [0.1, 0.15) is 0 Å². The Hall–Kier alpha value is -0.890. The number of hydrogen-bond acceptors (Lipinski definition) is 5. The van der Waals surface area contributed by atoms with E-state index in [4.69, 9.17) is 23.2 Å². The molecule has 252 valence electrons. The number of benzene rings is 1. The Kier molecular flexibility index (Phi) is 15.3. The Labute approximate surface area is 278 Å². The number of amides is 1. The molecule has 44 heavy (non-hydrogen) atoms. The van der Waals surface area contributed by atoms with Crippen molar-refractivity contribution in [2.45, 2.75) is 147 Å². The molecule has 0 aliphatic heterocycles. The predicted molar refractivity (Wildman–Crippen MR) is 185 cm³/mol. The number of aliphatic hydroxyl groups is 2. The van der Waals surface area contributed by atoms with Gasteiger partial charge in [-0.2, -0.15) is 0 Å². The summed E-state index contributed by atoms with van der Waals surface area (Å²) < 4.78 is 0. The van der Waals surface area contributed by atoms with Crippen molar-refractivity contribution < 1.29 is 15.0 Å². The molecule has 1 aromatic carbocycles. The van der Waals surface area contributed by atoms with Crippen LogP contribution in [0.1, 0.15) is 148 Å². The minimum atomic E-state index is -0.827. The third kappa shape index (κ3) is 9.13. The molecule has 3 rings (SSSR count). The first kappa shape index (κ1) is 37.6. The number of nitrogens with one attached hydrogen (secondary N) is 1. The number of hydrogen-bond donors (Lipinski definition) is 3. The van der Waals surface area contributed by atoms with Gasteiger partial charge in [-0.3, -0.25) is 14.6 Å². The molecule has 1 amide bonds. The third-order valence-corrected chi connectivity index (χ3v) is 12.2. The molecule has 3 N–H and O–H groups in total. The number of rotatable bonds is 17. The van der Waals surface area contributed by atoms with Crippen molar-refractivity contribution in [3.05, 3.63) is 29.3 Å². The molecule has 0 saturated heterocycles. The first-order valence-corrected chi connectivity index (χ1v) is 18.5. The van der Waals surface area contributed by atoms with Gasteiger partial charge in [0.2, 0.25) is 5.91 Å². The van der Waals surface area contributed by atoms with Crippen molar-refractivity contribution in [2.75, 3.05) is 31.5 Å². The van der Waals surface area contributed by atoms with Crippen molar-refractivity contribution in [1.29, 1.82) is 0 Å². The van der Waals surface area contributed by atoms with Crippen LogP contribution in [0.15, 0.2) is 18.2 Å². The highest BCUT2D eigenvalue weighted by Crippen LogP contribution is 2.46. The number of anilines is 1. The quantitative estimate of drug-likeness (QED) is 0.116. The van der Waals surface area contributed by atoms with Crippen LogP contribution in [0.25, 0.3) is 0 Å². The normalized spacial score (nSPS) is 21.2. The Morgan fingerprint density at radius 3 is 1.45 bits per heavy atom. The maximum absolute atomic E-state index is 12.4. The summed E-state index contributed by atoms with van der Waals surface area (Å²) in [5.74, 6) is 0.546. The summed E-state index contributed by atoms with van der Waals surface area (Å²) in [6.07, 6.45) is 12.4. The summed E-state index contributed by atoms with van der Waals surface area (Å²) in [5, 5.41) is 26.2. The molecule has 0 aromatic heterocycles. The van der Waals surface area contributed by atoms with Crippen molar-refractivity contribution in [3.8, 4) is 0 Å². The summed E-state index contributed by atoms with van der Waals surface area (Å²) in [6.45, 7) is 13.5. The molecular formula is C36H61Cl2N3O3. The molecule has 6 nitrogen and oxygen atoms in total. The van der Waals surface area contributed by atoms with Gasteiger partial charge in [-0.1, -0.05) is 84.4 Å². The molecule has 2 aliphatic rings. The molecule has 8 heteroatoms. The summed E-state index contributed by atoms with van der Waals surface area (Å²) in [6, 6.07) is 5.61. The van der Waals surface area contributed by atoms with Gasteiger partial charge in [-0.25, -0.2) is 0 Å². The standard InChI is InChI=1S/C36H61Cl2N3O3/c1-6-40(7-2)35(37,28-17-12-10-13-18-28)25-23-32(43)30-21-16-22-31(34(30)39-27(5)42)33(44)24-26-36(38,41(8-3)9-4)29-19-14-11-15-20-29/h16,21-22,28-29,32-33,43-44H,6-15,17-20,23-26H2,1-5H3,(H,39,42). The fourth-order valence-electron chi connectivity index (χ4n) is 8.28. The Morgan fingerprint density at radius 2 is 1.14 bits per heavy atom. The second-order valence-electron chi connectivity index (χ2n) is 13.3. The maximum Gasteiger partial charge on any atom is 0.221 e. The average Bonchev–Trinajstić information content (AvgIpc) is 3.04. The molecular weight excluding hydrogens is 593 g/mol. The fourth-order valence-corrected chi connectivity index (χ4v) is 9.42. The van der Waals surface area contributed by atoms with Crippen molar-refractivity contribution in [1.82, 2.24) is 9.80 Å². The number of halogens is 2. The Balaban J connectivity index is 1.85. The van der Waals surface area contributed by atoms with Crippen molar-refractivity contribution in [2.24, 2.45) is 11.8 Å². The third-order valence-electron chi connectivity index (χ3n) is 10.7. The minimum absolute atomic E-state index is 0.229. The van der Waals surface area contributed by atoms with Crippen LogP contribution >= 0.6 is 23.2 Å². The average molecular weight is 655 g/mol. The van der Waals surface area contributed by atoms with Crippen LogP contribution in [0.4, 0.5) is 5.69 Å². The van der Waals surface area contributed by atoms with E-state index in [-0.39, 0.29) is 5.91 Å². The number of carbonyl (C=O) groups excluding carboxylic acids is 1. The largest absolute Gasteiger partial charge is 0.388 e. The van der Waals surface area contributed by atoms with Crippen LogP contribution < -0.4 is 5.32 Å². The second kappa shape index (κ2) is 17.9. The van der Waals surface area contributed by atoms with Crippen LogP contribution in [0, 0.1) is 11.8 Å². The summed E-state index contributed by atoms with van der Waals surface area (Å²) in [5.41, 5.74) is 1.78. The minimum Gasteiger partial charge on any atom is -0.388 e. The van der Waals surface area contributed by atoms with Crippen molar-refractivity contribution >= 4 is 34.8 Å². The van der Waals surface area contributed by atoms with Gasteiger partial charge in [-0.05, 0) is 89.4 Å². The summed E-state index contributed by atoms with van der Waals surface area (Å²) >= 11 is 15.0. The van der Waals surface area contributed by atoms with E-state index in [1.807, 2.05) is 18.2 Å². The van der Waals surface area contributed by atoms with Crippen LogP contribution in [0.3, 0.4) is 0 Å². The van der Waals surface area contributed by atoms with Crippen molar-refractivity contribution in [3.63, 3.8) is 0 Å². The zero-order valence-electron chi connectivity index (χ0n) is 28.2. The Morgan fingerprint density at radius 1 is 0.773 bits per heavy atom. The smallest absolute Gasteiger partial charge is 0.221 e. The lowest BCUT2D eigenvalue weighted by Gasteiger charge is -2.46. The van der Waals surface area contributed by atoms with Gasteiger partial charge in [0.15, 0.2) is 0 Å². The molecule has 0 radical (unpaired) electrons. The van der Waals surface area contributed by atoms with Gasteiger partial charge >= 0.3 is 0 Å². The number of aliphatic hydroxyl groups excluding tert-OH is 2. The van der Waals surface area contributed by atoms with E-state index in [0.717, 1.165) is 51.9 Å². The highest BCUT2D eigenvalue weighted by Gasteiger charge is 2.43. The zero-order chi connectivity index (χ0) is 32.3. The maximum atomic E-state index is 12.4. The first-order chi connectivity index (χ1) is 21.0. The molecule has 2 aliphatic carbocycles. The topological polar surface area (TPSA) is 76.0 Å². The monoisotopic (exact) mass is 653 g/mol.